The third-order valence-electron chi connectivity index (χ3n) is 6.37. The second-order valence-corrected chi connectivity index (χ2v) is 13.2. The van der Waals surface area contributed by atoms with Crippen molar-refractivity contribution in [2.45, 2.75) is 71.6 Å². The number of carbonyl (C=O) groups is 3. The fourth-order valence-corrected chi connectivity index (χ4v) is 5.17. The van der Waals surface area contributed by atoms with Gasteiger partial charge in [-0.15, -0.1) is 11.3 Å². The molecular weight excluding hydrogens is 552 g/mol. The van der Waals surface area contributed by atoms with Gasteiger partial charge in [-0.3, -0.25) is 10.1 Å². The van der Waals surface area contributed by atoms with Crippen LogP contribution in [0.2, 0.25) is 0 Å². The van der Waals surface area contributed by atoms with Crippen LogP contribution in [0.15, 0.2) is 60.0 Å². The number of hydrogen-bond donors (Lipinski definition) is 3. The first-order chi connectivity index (χ1) is 19.8. The molecule has 1 fully saturated rings. The predicted molar refractivity (Wildman–Crippen MR) is 168 cm³/mol. The average Bonchev–Trinajstić information content (AvgIpc) is 3.43. The lowest BCUT2D eigenvalue weighted by atomic mass is 10.0. The number of amides is 3. The average molecular weight is 593 g/mol. The predicted octanol–water partition coefficient (Wildman–Crippen LogP) is 7.83. The molecule has 0 saturated carbocycles. The summed E-state index contributed by atoms with van der Waals surface area (Å²) in [7, 11) is 0. The largest absolute Gasteiger partial charge is 0.444 e. The Morgan fingerprint density at radius 2 is 1.50 bits per heavy atom. The van der Waals surface area contributed by atoms with Crippen LogP contribution >= 0.6 is 11.3 Å². The summed E-state index contributed by atoms with van der Waals surface area (Å²) in [6.45, 7) is 12.2. The molecule has 1 aliphatic heterocycles. The van der Waals surface area contributed by atoms with Gasteiger partial charge in [-0.05, 0) is 108 Å². The van der Waals surface area contributed by atoms with E-state index < -0.39 is 17.3 Å². The number of anilines is 3. The summed E-state index contributed by atoms with van der Waals surface area (Å²) in [5.41, 5.74) is 2.04. The van der Waals surface area contributed by atoms with E-state index in [1.54, 1.807) is 55.2 Å². The van der Waals surface area contributed by atoms with Crippen LogP contribution in [-0.2, 0) is 9.47 Å². The van der Waals surface area contributed by atoms with E-state index in [-0.39, 0.29) is 18.0 Å². The number of ether oxygens (including phenoxy) is 2. The van der Waals surface area contributed by atoms with Crippen LogP contribution in [0, 0.1) is 0 Å². The number of nitrogens with zero attached hydrogens (tertiary/aromatic N) is 1. The number of piperidine rings is 1. The maximum atomic E-state index is 13.3. The quantitative estimate of drug-likeness (QED) is 0.269. The summed E-state index contributed by atoms with van der Waals surface area (Å²) in [4.78, 5) is 40.9. The first-order valence-electron chi connectivity index (χ1n) is 14.1. The van der Waals surface area contributed by atoms with E-state index in [0.29, 0.717) is 30.0 Å². The van der Waals surface area contributed by atoms with Crippen molar-refractivity contribution in [1.82, 2.24) is 4.90 Å². The van der Waals surface area contributed by atoms with Gasteiger partial charge in [-0.25, -0.2) is 9.59 Å². The Labute approximate surface area is 251 Å². The zero-order valence-electron chi connectivity index (χ0n) is 25.1. The number of likely N-dealkylation sites (tertiary alicyclic amines) is 1. The summed E-state index contributed by atoms with van der Waals surface area (Å²) in [5, 5.41) is 11.2. The summed E-state index contributed by atoms with van der Waals surface area (Å²) >= 11 is 1.59. The Morgan fingerprint density at radius 3 is 2.10 bits per heavy atom. The monoisotopic (exact) mass is 592 g/mol. The first kappa shape index (κ1) is 30.9. The summed E-state index contributed by atoms with van der Waals surface area (Å²) in [5.74, 6) is -0.303. The molecule has 9 nitrogen and oxygen atoms in total. The lowest BCUT2D eigenvalue weighted by Gasteiger charge is -2.34. The van der Waals surface area contributed by atoms with Crippen molar-refractivity contribution >= 4 is 46.5 Å². The Morgan fingerprint density at radius 1 is 0.833 bits per heavy atom. The van der Waals surface area contributed by atoms with Crippen LogP contribution < -0.4 is 16.0 Å². The number of hydrogen-bond acceptors (Lipinski definition) is 7. The van der Waals surface area contributed by atoms with Crippen LogP contribution in [0.1, 0.15) is 64.7 Å². The molecule has 1 aromatic heterocycles. The third kappa shape index (κ3) is 8.97. The molecule has 3 N–H and O–H groups in total. The third-order valence-corrected chi connectivity index (χ3v) is 7.29. The van der Waals surface area contributed by atoms with E-state index in [4.69, 9.17) is 9.47 Å². The van der Waals surface area contributed by atoms with Crippen molar-refractivity contribution in [3.63, 3.8) is 0 Å². The van der Waals surface area contributed by atoms with Crippen LogP contribution in [0.5, 0.6) is 0 Å². The zero-order chi connectivity index (χ0) is 30.5. The van der Waals surface area contributed by atoms with Crippen LogP contribution in [-0.4, -0.2) is 53.3 Å². The second-order valence-electron chi connectivity index (χ2n) is 12.3. The molecule has 0 aliphatic carbocycles. The fraction of sp³-hybridized carbons (Fsp3) is 0.406. The fourth-order valence-electron chi connectivity index (χ4n) is 4.45. The molecule has 0 radical (unpaired) electrons. The molecule has 3 amide bonds. The lowest BCUT2D eigenvalue weighted by Crippen LogP contribution is -2.44. The van der Waals surface area contributed by atoms with Gasteiger partial charge in [-0.2, -0.15) is 0 Å². The van der Waals surface area contributed by atoms with Gasteiger partial charge in [0.15, 0.2) is 0 Å². The van der Waals surface area contributed by atoms with Crippen LogP contribution in [0.4, 0.5) is 26.7 Å². The minimum Gasteiger partial charge on any atom is -0.444 e. The minimum absolute atomic E-state index is 0.213. The van der Waals surface area contributed by atoms with Crippen LogP contribution in [0.3, 0.4) is 0 Å². The first-order valence-corrected chi connectivity index (χ1v) is 15.0. The lowest BCUT2D eigenvalue weighted by molar-refractivity contribution is 0.0210. The van der Waals surface area contributed by atoms with E-state index in [0.717, 1.165) is 29.0 Å². The molecule has 1 saturated heterocycles. The topological polar surface area (TPSA) is 109 Å². The van der Waals surface area contributed by atoms with E-state index in [9.17, 15) is 14.4 Å². The standard InChI is InChI=1S/C32H40N4O5S/c1-31(2,3)40-29(38)35-25-14-11-22(27-8-7-19-42-27)20-26(25)34-28(37)21-9-12-23(13-10-21)33-24-15-17-36(18-16-24)30(39)41-32(4,5)6/h7-14,19-20,24,33H,15-18H2,1-6H3,(H,34,37)(H,35,38). The highest BCUT2D eigenvalue weighted by Crippen LogP contribution is 2.32. The van der Waals surface area contributed by atoms with Crippen molar-refractivity contribution in [2.24, 2.45) is 0 Å². The highest BCUT2D eigenvalue weighted by Gasteiger charge is 2.27. The number of thiophene rings is 1. The number of carbonyl (C=O) groups excluding carboxylic acids is 3. The van der Waals surface area contributed by atoms with Crippen molar-refractivity contribution in [2.75, 3.05) is 29.0 Å². The Bertz CT molecular complexity index is 1380. The molecule has 0 bridgehead atoms. The summed E-state index contributed by atoms with van der Waals surface area (Å²) in [6.07, 6.45) is 0.723. The molecule has 2 heterocycles. The molecule has 224 valence electrons. The van der Waals surface area contributed by atoms with Gasteiger partial charge in [-0.1, -0.05) is 12.1 Å². The molecule has 4 rings (SSSR count). The summed E-state index contributed by atoms with van der Waals surface area (Å²) < 4.78 is 10.9. The van der Waals surface area contributed by atoms with Gasteiger partial charge in [0, 0.05) is 35.3 Å². The molecule has 10 heteroatoms. The molecule has 42 heavy (non-hydrogen) atoms. The Hall–Kier alpha value is -4.05. The Balaban J connectivity index is 1.39. The zero-order valence-corrected chi connectivity index (χ0v) is 25.9. The van der Waals surface area contributed by atoms with Gasteiger partial charge < -0.3 is 25.0 Å². The maximum absolute atomic E-state index is 13.3. The maximum Gasteiger partial charge on any atom is 0.412 e. The minimum atomic E-state index is -0.657. The van der Waals surface area contributed by atoms with Crippen LogP contribution in [0.25, 0.3) is 10.4 Å². The summed E-state index contributed by atoms with van der Waals surface area (Å²) in [6, 6.07) is 16.9. The van der Waals surface area contributed by atoms with Gasteiger partial charge in [0.2, 0.25) is 0 Å². The molecule has 3 aromatic rings. The normalized spacial score (nSPS) is 14.2. The number of rotatable bonds is 6. The van der Waals surface area contributed by atoms with Crippen molar-refractivity contribution < 1.29 is 23.9 Å². The number of benzene rings is 2. The van der Waals surface area contributed by atoms with Crippen molar-refractivity contribution in [3.8, 4) is 10.4 Å². The van der Waals surface area contributed by atoms with E-state index in [2.05, 4.69) is 16.0 Å². The SMILES string of the molecule is CC(C)(C)OC(=O)Nc1ccc(-c2cccs2)cc1NC(=O)c1ccc(NC2CCN(C(=O)OC(C)(C)C)CC2)cc1. The van der Waals surface area contributed by atoms with Crippen molar-refractivity contribution in [1.29, 1.82) is 0 Å². The van der Waals surface area contributed by atoms with E-state index in [1.807, 2.05) is 62.5 Å². The highest BCUT2D eigenvalue weighted by atomic mass is 32.1. The van der Waals surface area contributed by atoms with Gasteiger partial charge >= 0.3 is 12.2 Å². The smallest absolute Gasteiger partial charge is 0.412 e. The van der Waals surface area contributed by atoms with Gasteiger partial charge in [0.05, 0.1) is 11.4 Å². The number of nitrogens with one attached hydrogen (secondary N) is 3. The van der Waals surface area contributed by atoms with Crippen molar-refractivity contribution in [3.05, 3.63) is 65.5 Å². The second kappa shape index (κ2) is 12.9. The van der Waals surface area contributed by atoms with E-state index in [1.165, 1.54) is 0 Å². The highest BCUT2D eigenvalue weighted by molar-refractivity contribution is 7.13. The molecule has 0 unspecified atom stereocenters. The molecule has 2 aromatic carbocycles. The molecule has 0 atom stereocenters. The van der Waals surface area contributed by atoms with Gasteiger partial charge in [0.1, 0.15) is 11.2 Å². The molecular formula is C32H40N4O5S. The Kier molecular flexibility index (Phi) is 9.46. The molecule has 0 spiro atoms. The van der Waals surface area contributed by atoms with Gasteiger partial charge in [0.25, 0.3) is 5.91 Å². The molecule has 1 aliphatic rings. The van der Waals surface area contributed by atoms with E-state index >= 15 is 0 Å².